The molecular formula is C17H20N2O4S. The van der Waals surface area contributed by atoms with Crippen molar-refractivity contribution in [3.8, 4) is 5.75 Å². The van der Waals surface area contributed by atoms with E-state index < -0.39 is 10.0 Å². The zero-order valence-corrected chi connectivity index (χ0v) is 14.3. The van der Waals surface area contributed by atoms with E-state index in [-0.39, 0.29) is 23.5 Å². The summed E-state index contributed by atoms with van der Waals surface area (Å²) < 4.78 is 28.1. The van der Waals surface area contributed by atoms with Crippen molar-refractivity contribution in [3.05, 3.63) is 59.7 Å². The Kier molecular flexibility index (Phi) is 5.58. The summed E-state index contributed by atoms with van der Waals surface area (Å²) in [6.07, 6.45) is -0.0373. The third-order valence-electron chi connectivity index (χ3n) is 3.20. The number of nitrogens with two attached hydrogens (primary N) is 1. The molecule has 0 aliphatic rings. The van der Waals surface area contributed by atoms with Gasteiger partial charge in [-0.2, -0.15) is 0 Å². The largest absolute Gasteiger partial charge is 0.490 e. The van der Waals surface area contributed by atoms with E-state index in [1.165, 1.54) is 12.1 Å². The fourth-order valence-electron chi connectivity index (χ4n) is 2.09. The number of amides is 1. The molecule has 24 heavy (non-hydrogen) atoms. The second-order valence-corrected chi connectivity index (χ2v) is 7.10. The van der Waals surface area contributed by atoms with Gasteiger partial charge in [-0.15, -0.1) is 0 Å². The molecule has 0 unspecified atom stereocenters. The molecule has 0 heterocycles. The fourth-order valence-corrected chi connectivity index (χ4v) is 2.60. The second kappa shape index (κ2) is 7.46. The first-order valence-corrected chi connectivity index (χ1v) is 8.97. The number of rotatable bonds is 6. The first-order chi connectivity index (χ1) is 11.3. The van der Waals surface area contributed by atoms with E-state index in [1.807, 2.05) is 13.8 Å². The molecule has 2 aromatic carbocycles. The molecule has 7 heteroatoms. The van der Waals surface area contributed by atoms with Gasteiger partial charge < -0.3 is 10.1 Å². The maximum absolute atomic E-state index is 12.3. The SMILES string of the molecule is CC(C)Oc1ccccc1C(=O)NCc1ccc(S(N)(=O)=O)cc1. The molecule has 6 nitrogen and oxygen atoms in total. The van der Waals surface area contributed by atoms with Crippen molar-refractivity contribution in [2.24, 2.45) is 5.14 Å². The van der Waals surface area contributed by atoms with Gasteiger partial charge in [0, 0.05) is 6.54 Å². The monoisotopic (exact) mass is 348 g/mol. The molecule has 3 N–H and O–H groups in total. The number of benzene rings is 2. The highest BCUT2D eigenvalue weighted by molar-refractivity contribution is 7.89. The zero-order chi connectivity index (χ0) is 17.7. The number of carbonyl (C=O) groups is 1. The molecule has 128 valence electrons. The van der Waals surface area contributed by atoms with Crippen LogP contribution in [0.15, 0.2) is 53.4 Å². The molecule has 0 atom stereocenters. The van der Waals surface area contributed by atoms with Crippen molar-refractivity contribution in [1.29, 1.82) is 0 Å². The summed E-state index contributed by atoms with van der Waals surface area (Å²) in [6.45, 7) is 4.04. The second-order valence-electron chi connectivity index (χ2n) is 5.53. The molecule has 0 saturated heterocycles. The summed E-state index contributed by atoms with van der Waals surface area (Å²) in [5.74, 6) is 0.261. The van der Waals surface area contributed by atoms with Crippen molar-refractivity contribution in [3.63, 3.8) is 0 Å². The molecule has 0 bridgehead atoms. The fraction of sp³-hybridized carbons (Fsp3) is 0.235. The van der Waals surface area contributed by atoms with Gasteiger partial charge in [-0.1, -0.05) is 24.3 Å². The van der Waals surface area contributed by atoms with E-state index >= 15 is 0 Å². The predicted octanol–water partition coefficient (Wildman–Crippen LogP) is 2.05. The lowest BCUT2D eigenvalue weighted by Crippen LogP contribution is -2.24. The van der Waals surface area contributed by atoms with E-state index in [0.717, 1.165) is 5.56 Å². The lowest BCUT2D eigenvalue weighted by atomic mass is 10.1. The van der Waals surface area contributed by atoms with E-state index in [9.17, 15) is 13.2 Å². The van der Waals surface area contributed by atoms with Crippen molar-refractivity contribution in [1.82, 2.24) is 5.32 Å². The first kappa shape index (κ1) is 18.0. The van der Waals surface area contributed by atoms with E-state index in [2.05, 4.69) is 5.32 Å². The summed E-state index contributed by atoms with van der Waals surface area (Å²) in [4.78, 5) is 12.4. The van der Waals surface area contributed by atoms with Crippen LogP contribution in [0.25, 0.3) is 0 Å². The van der Waals surface area contributed by atoms with E-state index in [4.69, 9.17) is 9.88 Å². The normalized spacial score (nSPS) is 11.3. The topological polar surface area (TPSA) is 98.5 Å². The van der Waals surface area contributed by atoms with Crippen LogP contribution in [0, 0.1) is 0 Å². The maximum atomic E-state index is 12.3. The minimum Gasteiger partial charge on any atom is -0.490 e. The molecular weight excluding hydrogens is 328 g/mol. The molecule has 0 fully saturated rings. The number of carbonyl (C=O) groups excluding carboxylic acids is 1. The Balaban J connectivity index is 2.06. The van der Waals surface area contributed by atoms with E-state index in [0.29, 0.717) is 11.3 Å². The highest BCUT2D eigenvalue weighted by Crippen LogP contribution is 2.19. The number of hydrogen-bond acceptors (Lipinski definition) is 4. The number of nitrogens with one attached hydrogen (secondary N) is 1. The molecule has 2 rings (SSSR count). The Bertz CT molecular complexity index is 815. The zero-order valence-electron chi connectivity index (χ0n) is 13.5. The van der Waals surface area contributed by atoms with Crippen LogP contribution in [-0.2, 0) is 16.6 Å². The maximum Gasteiger partial charge on any atom is 0.255 e. The van der Waals surface area contributed by atoms with Crippen molar-refractivity contribution < 1.29 is 17.9 Å². The van der Waals surface area contributed by atoms with Gasteiger partial charge in [-0.05, 0) is 43.7 Å². The Morgan fingerprint density at radius 1 is 1.12 bits per heavy atom. The summed E-state index contributed by atoms with van der Waals surface area (Å²) in [7, 11) is -3.71. The van der Waals surface area contributed by atoms with Crippen LogP contribution in [0.5, 0.6) is 5.75 Å². The lowest BCUT2D eigenvalue weighted by Gasteiger charge is -2.14. The summed E-state index contributed by atoms with van der Waals surface area (Å²) in [5.41, 5.74) is 1.21. The minimum atomic E-state index is -3.71. The van der Waals surface area contributed by atoms with Crippen LogP contribution < -0.4 is 15.2 Å². The Labute approximate surface area is 141 Å². The highest BCUT2D eigenvalue weighted by Gasteiger charge is 2.13. The minimum absolute atomic E-state index is 0.0354. The number of ether oxygens (including phenoxy) is 1. The molecule has 1 amide bonds. The van der Waals surface area contributed by atoms with Gasteiger partial charge >= 0.3 is 0 Å². The molecule has 0 aliphatic heterocycles. The average Bonchev–Trinajstić information content (AvgIpc) is 2.52. The quantitative estimate of drug-likeness (QED) is 0.834. The molecule has 0 aliphatic carbocycles. The van der Waals surface area contributed by atoms with Gasteiger partial charge in [0.25, 0.3) is 5.91 Å². The lowest BCUT2D eigenvalue weighted by molar-refractivity contribution is 0.0945. The van der Waals surface area contributed by atoms with Gasteiger partial charge in [-0.25, -0.2) is 13.6 Å². The molecule has 0 aromatic heterocycles. The van der Waals surface area contributed by atoms with Crippen molar-refractivity contribution in [2.45, 2.75) is 31.4 Å². The summed E-state index contributed by atoms with van der Waals surface area (Å²) in [6, 6.07) is 13.0. The number of sulfonamides is 1. The van der Waals surface area contributed by atoms with Gasteiger partial charge in [-0.3, -0.25) is 4.79 Å². The van der Waals surface area contributed by atoms with E-state index in [1.54, 1.807) is 36.4 Å². The average molecular weight is 348 g/mol. The van der Waals surface area contributed by atoms with Crippen LogP contribution in [0.1, 0.15) is 29.8 Å². The van der Waals surface area contributed by atoms with Gasteiger partial charge in [0.2, 0.25) is 10.0 Å². The highest BCUT2D eigenvalue weighted by atomic mass is 32.2. The molecule has 2 aromatic rings. The van der Waals surface area contributed by atoms with Gasteiger partial charge in [0.1, 0.15) is 5.75 Å². The third-order valence-corrected chi connectivity index (χ3v) is 4.13. The molecule has 0 spiro atoms. The molecule has 0 radical (unpaired) electrons. The van der Waals surface area contributed by atoms with Crippen LogP contribution in [0.2, 0.25) is 0 Å². The predicted molar refractivity (Wildman–Crippen MR) is 91.2 cm³/mol. The Morgan fingerprint density at radius 3 is 2.33 bits per heavy atom. The van der Waals surface area contributed by atoms with Crippen LogP contribution in [-0.4, -0.2) is 20.4 Å². The first-order valence-electron chi connectivity index (χ1n) is 7.43. The summed E-state index contributed by atoms with van der Waals surface area (Å²) >= 11 is 0. The van der Waals surface area contributed by atoms with Crippen molar-refractivity contribution >= 4 is 15.9 Å². The van der Waals surface area contributed by atoms with Crippen LogP contribution in [0.4, 0.5) is 0 Å². The van der Waals surface area contributed by atoms with Crippen LogP contribution in [0.3, 0.4) is 0 Å². The Morgan fingerprint density at radius 2 is 1.75 bits per heavy atom. The summed E-state index contributed by atoms with van der Waals surface area (Å²) in [5, 5.41) is 7.84. The van der Waals surface area contributed by atoms with Crippen molar-refractivity contribution in [2.75, 3.05) is 0 Å². The number of para-hydroxylation sites is 1. The standard InChI is InChI=1S/C17H20N2O4S/c1-12(2)23-16-6-4-3-5-15(16)17(20)19-11-13-7-9-14(10-8-13)24(18,21)22/h3-10,12H,11H2,1-2H3,(H,19,20)(H2,18,21,22). The number of hydrogen-bond donors (Lipinski definition) is 2. The van der Waals surface area contributed by atoms with Gasteiger partial charge in [0.05, 0.1) is 16.6 Å². The van der Waals surface area contributed by atoms with Crippen LogP contribution >= 0.6 is 0 Å². The molecule has 0 saturated carbocycles. The van der Waals surface area contributed by atoms with Gasteiger partial charge in [0.15, 0.2) is 0 Å². The smallest absolute Gasteiger partial charge is 0.255 e. The Hall–Kier alpha value is -2.38. The number of primary sulfonamides is 1. The third kappa shape index (κ3) is 4.81.